The molecule has 1 unspecified atom stereocenters. The van der Waals surface area contributed by atoms with Gasteiger partial charge < -0.3 is 19.4 Å². The van der Waals surface area contributed by atoms with Crippen LogP contribution in [0.1, 0.15) is 23.0 Å². The number of hydrogen-bond donors (Lipinski definition) is 1. The van der Waals surface area contributed by atoms with E-state index in [0.717, 1.165) is 49.1 Å². The number of nitrogens with one attached hydrogen (secondary N) is 1. The van der Waals surface area contributed by atoms with E-state index in [0.29, 0.717) is 6.61 Å². The zero-order valence-corrected chi connectivity index (χ0v) is 18.1. The molecule has 1 fully saturated rings. The van der Waals surface area contributed by atoms with Gasteiger partial charge in [0.2, 0.25) is 0 Å². The van der Waals surface area contributed by atoms with Crippen LogP contribution in [0.2, 0.25) is 0 Å². The first-order valence-electron chi connectivity index (χ1n) is 9.85. The second-order valence-corrected chi connectivity index (χ2v) is 7.22. The van der Waals surface area contributed by atoms with Crippen LogP contribution in [0.3, 0.4) is 0 Å². The van der Waals surface area contributed by atoms with Crippen molar-refractivity contribution in [3.63, 3.8) is 0 Å². The molecule has 1 saturated heterocycles. The maximum atomic E-state index is 5.97. The third kappa shape index (κ3) is 5.11. The number of ether oxygens (including phenoxy) is 2. The highest BCUT2D eigenvalue weighted by Gasteiger charge is 2.26. The first-order chi connectivity index (χ1) is 14.2. The van der Waals surface area contributed by atoms with Crippen LogP contribution in [0, 0.1) is 0 Å². The quantitative estimate of drug-likeness (QED) is 0.623. The predicted molar refractivity (Wildman–Crippen MR) is 118 cm³/mol. The third-order valence-corrected chi connectivity index (χ3v) is 5.27. The molecule has 0 radical (unpaired) electrons. The summed E-state index contributed by atoms with van der Waals surface area (Å²) < 4.78 is 13.7. The maximum Gasteiger partial charge on any atom is 0.161 e. The van der Waals surface area contributed by atoms with Crippen LogP contribution in [0.5, 0.6) is 11.5 Å². The Hall–Kier alpha value is -2.61. The van der Waals surface area contributed by atoms with Crippen molar-refractivity contribution in [2.75, 3.05) is 26.7 Å². The van der Waals surface area contributed by atoms with E-state index < -0.39 is 0 Å². The summed E-state index contributed by atoms with van der Waals surface area (Å²) in [5.74, 6) is 2.58. The molecule has 1 atom stereocenters. The Bertz CT molecular complexity index is 934. The standard InChI is InChI=1S/C22H27N5O2.ClH/c1-26-11-10-25-22(26)19-14-24-9-12-27(19)15-18-3-4-20(21(13-18)28-2)29-16-17-5-7-23-8-6-17;/h3-8,10-11,13,19,24H,9,12,14-16H2,1-2H3;1H. The van der Waals surface area contributed by atoms with Gasteiger partial charge in [0.25, 0.3) is 0 Å². The molecule has 3 aromatic rings. The number of imidazole rings is 1. The molecule has 0 amide bonds. The molecule has 1 aliphatic heterocycles. The molecule has 1 aromatic carbocycles. The van der Waals surface area contributed by atoms with Gasteiger partial charge in [-0.15, -0.1) is 12.4 Å². The lowest BCUT2D eigenvalue weighted by Gasteiger charge is -2.35. The topological polar surface area (TPSA) is 64.4 Å². The van der Waals surface area contributed by atoms with Crippen molar-refractivity contribution in [3.05, 3.63) is 72.1 Å². The molecule has 4 rings (SSSR count). The lowest BCUT2D eigenvalue weighted by molar-refractivity contribution is 0.144. The Labute approximate surface area is 183 Å². The summed E-state index contributed by atoms with van der Waals surface area (Å²) >= 11 is 0. The third-order valence-electron chi connectivity index (χ3n) is 5.27. The Morgan fingerprint density at radius 3 is 2.67 bits per heavy atom. The summed E-state index contributed by atoms with van der Waals surface area (Å²) in [7, 11) is 3.73. The molecule has 0 saturated carbocycles. The van der Waals surface area contributed by atoms with Crippen molar-refractivity contribution in [3.8, 4) is 11.5 Å². The Kier molecular flexibility index (Phi) is 7.68. The molecule has 2 aromatic heterocycles. The average molecular weight is 430 g/mol. The minimum atomic E-state index is 0. The van der Waals surface area contributed by atoms with E-state index in [1.165, 1.54) is 5.56 Å². The maximum absolute atomic E-state index is 5.97. The SMILES string of the molecule is COc1cc(CN2CCNCC2c2nccn2C)ccc1OCc1ccncc1.Cl. The highest BCUT2D eigenvalue weighted by atomic mass is 35.5. The van der Waals surface area contributed by atoms with Crippen molar-refractivity contribution in [2.45, 2.75) is 19.2 Å². The first-order valence-corrected chi connectivity index (χ1v) is 9.85. The molecule has 30 heavy (non-hydrogen) atoms. The summed E-state index contributed by atoms with van der Waals surface area (Å²) in [6.45, 7) is 4.16. The van der Waals surface area contributed by atoms with E-state index in [4.69, 9.17) is 9.47 Å². The zero-order chi connectivity index (χ0) is 20.1. The normalized spacial score (nSPS) is 16.7. The molecule has 0 aliphatic carbocycles. The zero-order valence-electron chi connectivity index (χ0n) is 17.3. The van der Waals surface area contributed by atoms with E-state index in [2.05, 4.69) is 36.9 Å². The molecule has 0 bridgehead atoms. The van der Waals surface area contributed by atoms with E-state index in [9.17, 15) is 0 Å². The highest BCUT2D eigenvalue weighted by Crippen LogP contribution is 2.31. The summed E-state index contributed by atoms with van der Waals surface area (Å²) in [5, 5.41) is 3.49. The van der Waals surface area contributed by atoms with Gasteiger partial charge in [-0.05, 0) is 35.4 Å². The van der Waals surface area contributed by atoms with Gasteiger partial charge >= 0.3 is 0 Å². The first kappa shape index (κ1) is 22.1. The van der Waals surface area contributed by atoms with Gasteiger partial charge in [0.15, 0.2) is 11.5 Å². The molecule has 1 aliphatic rings. The van der Waals surface area contributed by atoms with Crippen LogP contribution in [0.25, 0.3) is 0 Å². The molecular weight excluding hydrogens is 402 g/mol. The molecule has 0 spiro atoms. The summed E-state index contributed by atoms with van der Waals surface area (Å²) in [6, 6.07) is 10.3. The minimum Gasteiger partial charge on any atom is -0.493 e. The summed E-state index contributed by atoms with van der Waals surface area (Å²) in [4.78, 5) is 11.1. The number of pyridine rings is 1. The number of piperazine rings is 1. The van der Waals surface area contributed by atoms with Crippen LogP contribution < -0.4 is 14.8 Å². The van der Waals surface area contributed by atoms with Crippen molar-refractivity contribution in [2.24, 2.45) is 7.05 Å². The lowest BCUT2D eigenvalue weighted by Crippen LogP contribution is -2.46. The highest BCUT2D eigenvalue weighted by molar-refractivity contribution is 5.85. The van der Waals surface area contributed by atoms with Crippen molar-refractivity contribution >= 4 is 12.4 Å². The van der Waals surface area contributed by atoms with E-state index >= 15 is 0 Å². The molecule has 1 N–H and O–H groups in total. The summed E-state index contributed by atoms with van der Waals surface area (Å²) in [6.07, 6.45) is 7.40. The molecule has 3 heterocycles. The number of rotatable bonds is 7. The molecule has 160 valence electrons. The van der Waals surface area contributed by atoms with Crippen LogP contribution in [0.15, 0.2) is 55.1 Å². The fraction of sp³-hybridized carbons (Fsp3) is 0.364. The monoisotopic (exact) mass is 429 g/mol. The van der Waals surface area contributed by atoms with Gasteiger partial charge in [-0.1, -0.05) is 6.07 Å². The van der Waals surface area contributed by atoms with Gasteiger partial charge in [-0.2, -0.15) is 0 Å². The van der Waals surface area contributed by atoms with Gasteiger partial charge in [0, 0.05) is 58.0 Å². The van der Waals surface area contributed by atoms with Gasteiger partial charge in [-0.25, -0.2) is 4.98 Å². The number of halogens is 1. The average Bonchev–Trinajstić information content (AvgIpc) is 3.19. The van der Waals surface area contributed by atoms with Crippen molar-refractivity contribution in [1.29, 1.82) is 0 Å². The number of hydrogen-bond acceptors (Lipinski definition) is 6. The van der Waals surface area contributed by atoms with Crippen molar-refractivity contribution < 1.29 is 9.47 Å². The number of methoxy groups -OCH3 is 1. The molecule has 8 heteroatoms. The number of aryl methyl sites for hydroxylation is 1. The minimum absolute atomic E-state index is 0. The lowest BCUT2D eigenvalue weighted by atomic mass is 10.1. The number of benzene rings is 1. The van der Waals surface area contributed by atoms with Crippen LogP contribution in [-0.4, -0.2) is 46.2 Å². The van der Waals surface area contributed by atoms with Gasteiger partial charge in [0.05, 0.1) is 13.2 Å². The largest absolute Gasteiger partial charge is 0.493 e. The van der Waals surface area contributed by atoms with Crippen LogP contribution in [-0.2, 0) is 20.2 Å². The van der Waals surface area contributed by atoms with Gasteiger partial charge in [0.1, 0.15) is 12.4 Å². The second kappa shape index (κ2) is 10.4. The second-order valence-electron chi connectivity index (χ2n) is 7.22. The van der Waals surface area contributed by atoms with E-state index in [-0.39, 0.29) is 18.4 Å². The fourth-order valence-electron chi connectivity index (χ4n) is 3.69. The number of aromatic nitrogens is 3. The van der Waals surface area contributed by atoms with Gasteiger partial charge in [-0.3, -0.25) is 9.88 Å². The Morgan fingerprint density at radius 1 is 1.10 bits per heavy atom. The predicted octanol–water partition coefficient (Wildman–Crippen LogP) is 2.97. The Morgan fingerprint density at radius 2 is 1.93 bits per heavy atom. The molecule has 7 nitrogen and oxygen atoms in total. The molecular formula is C22H28ClN5O2. The van der Waals surface area contributed by atoms with E-state index in [1.807, 2.05) is 37.6 Å². The summed E-state index contributed by atoms with van der Waals surface area (Å²) in [5.41, 5.74) is 2.27. The van der Waals surface area contributed by atoms with Crippen LogP contribution in [0.4, 0.5) is 0 Å². The van der Waals surface area contributed by atoms with Crippen molar-refractivity contribution in [1.82, 2.24) is 24.8 Å². The van der Waals surface area contributed by atoms with E-state index in [1.54, 1.807) is 19.5 Å². The van der Waals surface area contributed by atoms with Crippen LogP contribution >= 0.6 is 12.4 Å². The smallest absolute Gasteiger partial charge is 0.161 e. The number of nitrogens with zero attached hydrogens (tertiary/aromatic N) is 4. The fourth-order valence-corrected chi connectivity index (χ4v) is 3.69. The Balaban J connectivity index is 0.00000256.